The molecule has 0 atom stereocenters. The fourth-order valence-electron chi connectivity index (χ4n) is 3.50. The molecule has 0 N–H and O–H groups in total. The molecule has 1 aliphatic heterocycles. The highest BCUT2D eigenvalue weighted by Gasteiger charge is 2.26. The zero-order valence-electron chi connectivity index (χ0n) is 17.3. The Hall–Kier alpha value is -2.04. The van der Waals surface area contributed by atoms with E-state index in [2.05, 4.69) is 16.0 Å². The maximum Gasteiger partial charge on any atom is 0.253 e. The summed E-state index contributed by atoms with van der Waals surface area (Å²) in [5.41, 5.74) is 1.34. The SMILES string of the molecule is CN(C)S(=O)(=O)c1cc(C(=O)N2CCN(Cc3nc4ccccc4s3)CC2)ccc1Cl. The molecule has 0 saturated carbocycles. The molecule has 31 heavy (non-hydrogen) atoms. The van der Waals surface area contributed by atoms with E-state index >= 15 is 0 Å². The largest absolute Gasteiger partial charge is 0.336 e. The van der Waals surface area contributed by atoms with Gasteiger partial charge in [-0.3, -0.25) is 9.69 Å². The maximum absolute atomic E-state index is 13.0. The number of para-hydroxylation sites is 1. The lowest BCUT2D eigenvalue weighted by Crippen LogP contribution is -2.48. The normalized spacial score (nSPS) is 15.7. The first kappa shape index (κ1) is 22.2. The van der Waals surface area contributed by atoms with E-state index in [1.807, 2.05) is 18.2 Å². The van der Waals surface area contributed by atoms with E-state index in [1.54, 1.807) is 22.3 Å². The molecule has 3 aromatic rings. The summed E-state index contributed by atoms with van der Waals surface area (Å²) < 4.78 is 27.2. The summed E-state index contributed by atoms with van der Waals surface area (Å²) in [5.74, 6) is -0.188. The second kappa shape index (κ2) is 8.84. The first-order chi connectivity index (χ1) is 14.8. The third-order valence-corrected chi connectivity index (χ3v) is 8.61. The summed E-state index contributed by atoms with van der Waals surface area (Å²) >= 11 is 7.79. The minimum atomic E-state index is -3.73. The van der Waals surface area contributed by atoms with Gasteiger partial charge in [-0.15, -0.1) is 11.3 Å². The summed E-state index contributed by atoms with van der Waals surface area (Å²) in [6.07, 6.45) is 0. The highest BCUT2D eigenvalue weighted by Crippen LogP contribution is 2.26. The first-order valence-corrected chi connectivity index (χ1v) is 12.5. The summed E-state index contributed by atoms with van der Waals surface area (Å²) in [5, 5.41) is 1.17. The molecule has 1 saturated heterocycles. The van der Waals surface area contributed by atoms with Crippen molar-refractivity contribution in [1.82, 2.24) is 19.1 Å². The summed E-state index contributed by atoms with van der Waals surface area (Å²) in [6, 6.07) is 12.5. The number of carbonyl (C=O) groups excluding carboxylic acids is 1. The average molecular weight is 479 g/mol. The van der Waals surface area contributed by atoms with Crippen molar-refractivity contribution in [3.8, 4) is 0 Å². The van der Waals surface area contributed by atoms with Crippen molar-refractivity contribution < 1.29 is 13.2 Å². The van der Waals surface area contributed by atoms with Gasteiger partial charge in [0.05, 0.1) is 21.8 Å². The number of rotatable bonds is 5. The Morgan fingerprint density at radius 1 is 1.13 bits per heavy atom. The third kappa shape index (κ3) is 4.61. The molecule has 1 amide bonds. The number of hydrogen-bond acceptors (Lipinski definition) is 6. The first-order valence-electron chi connectivity index (χ1n) is 9.84. The van der Waals surface area contributed by atoms with Gasteiger partial charge in [-0.25, -0.2) is 17.7 Å². The predicted molar refractivity (Wildman–Crippen MR) is 123 cm³/mol. The number of aromatic nitrogens is 1. The number of hydrogen-bond donors (Lipinski definition) is 0. The Labute approximate surface area is 190 Å². The zero-order valence-corrected chi connectivity index (χ0v) is 19.7. The van der Waals surface area contributed by atoms with Crippen LogP contribution in [0.1, 0.15) is 15.4 Å². The molecule has 2 heterocycles. The van der Waals surface area contributed by atoms with Crippen molar-refractivity contribution in [2.45, 2.75) is 11.4 Å². The molecule has 4 rings (SSSR count). The van der Waals surface area contributed by atoms with Crippen molar-refractivity contribution in [3.63, 3.8) is 0 Å². The lowest BCUT2D eigenvalue weighted by Gasteiger charge is -2.34. The molecule has 0 unspecified atom stereocenters. The Kier molecular flexibility index (Phi) is 6.32. The van der Waals surface area contributed by atoms with Crippen LogP contribution in [0.4, 0.5) is 0 Å². The van der Waals surface area contributed by atoms with Crippen LogP contribution in [-0.2, 0) is 16.6 Å². The van der Waals surface area contributed by atoms with Crippen LogP contribution in [0.2, 0.25) is 5.02 Å². The molecule has 7 nitrogen and oxygen atoms in total. The van der Waals surface area contributed by atoms with Crippen LogP contribution >= 0.6 is 22.9 Å². The van der Waals surface area contributed by atoms with Gasteiger partial charge in [0.2, 0.25) is 10.0 Å². The molecule has 0 spiro atoms. The molecule has 0 aliphatic carbocycles. The smallest absolute Gasteiger partial charge is 0.253 e. The van der Waals surface area contributed by atoms with Gasteiger partial charge in [0.15, 0.2) is 0 Å². The van der Waals surface area contributed by atoms with E-state index in [0.717, 1.165) is 34.5 Å². The number of piperazine rings is 1. The van der Waals surface area contributed by atoms with Gasteiger partial charge in [-0.05, 0) is 30.3 Å². The van der Waals surface area contributed by atoms with Crippen LogP contribution in [-0.4, -0.2) is 73.7 Å². The van der Waals surface area contributed by atoms with E-state index in [4.69, 9.17) is 11.6 Å². The van der Waals surface area contributed by atoms with Crippen LogP contribution in [0, 0.1) is 0 Å². The molecule has 164 valence electrons. The van der Waals surface area contributed by atoms with Crippen LogP contribution < -0.4 is 0 Å². The molecule has 0 bridgehead atoms. The van der Waals surface area contributed by atoms with Gasteiger partial charge in [0, 0.05) is 45.8 Å². The van der Waals surface area contributed by atoms with Crippen LogP contribution in [0.5, 0.6) is 0 Å². The molecule has 0 radical (unpaired) electrons. The summed E-state index contributed by atoms with van der Waals surface area (Å²) in [7, 11) is -0.862. The number of nitrogens with zero attached hydrogens (tertiary/aromatic N) is 4. The van der Waals surface area contributed by atoms with Crippen LogP contribution in [0.3, 0.4) is 0 Å². The third-order valence-electron chi connectivity index (χ3n) is 5.29. The number of carbonyl (C=O) groups is 1. The molecule has 1 aliphatic rings. The average Bonchev–Trinajstić information content (AvgIpc) is 3.16. The van der Waals surface area contributed by atoms with Crippen molar-refractivity contribution in [1.29, 1.82) is 0 Å². The molecule has 1 aromatic heterocycles. The monoisotopic (exact) mass is 478 g/mol. The minimum Gasteiger partial charge on any atom is -0.336 e. The van der Waals surface area contributed by atoms with Crippen LogP contribution in [0.15, 0.2) is 47.4 Å². The Morgan fingerprint density at radius 2 is 1.84 bits per heavy atom. The van der Waals surface area contributed by atoms with Crippen LogP contribution in [0.25, 0.3) is 10.2 Å². The molecule has 1 fully saturated rings. The Bertz CT molecular complexity index is 1190. The van der Waals surface area contributed by atoms with Gasteiger partial charge >= 0.3 is 0 Å². The molecular formula is C21H23ClN4O3S2. The van der Waals surface area contributed by atoms with E-state index in [9.17, 15) is 13.2 Å². The highest BCUT2D eigenvalue weighted by atomic mass is 35.5. The van der Waals surface area contributed by atoms with Gasteiger partial charge in [0.25, 0.3) is 5.91 Å². The number of thiazole rings is 1. The fraction of sp³-hybridized carbons (Fsp3) is 0.333. The Balaban J connectivity index is 1.42. The van der Waals surface area contributed by atoms with E-state index in [1.165, 1.54) is 30.9 Å². The predicted octanol–water partition coefficient (Wildman–Crippen LogP) is 3.16. The van der Waals surface area contributed by atoms with E-state index < -0.39 is 10.0 Å². The quantitative estimate of drug-likeness (QED) is 0.563. The van der Waals surface area contributed by atoms with Crippen molar-refractivity contribution in [2.24, 2.45) is 0 Å². The second-order valence-corrected chi connectivity index (χ2v) is 11.2. The van der Waals surface area contributed by atoms with Crippen molar-refractivity contribution >= 4 is 49.1 Å². The number of fused-ring (bicyclic) bond motifs is 1. The standard InChI is InChI=1S/C21H23ClN4O3S2/c1-24(2)31(28,29)19-13-15(7-8-16(19)22)21(27)26-11-9-25(10-12-26)14-20-23-17-5-3-4-6-18(17)30-20/h3-8,13H,9-12,14H2,1-2H3. The van der Waals surface area contributed by atoms with E-state index in [-0.39, 0.29) is 15.8 Å². The number of amides is 1. The van der Waals surface area contributed by atoms with Gasteiger partial charge in [-0.2, -0.15) is 0 Å². The zero-order chi connectivity index (χ0) is 22.2. The van der Waals surface area contributed by atoms with E-state index in [0.29, 0.717) is 18.7 Å². The molecular weight excluding hydrogens is 456 g/mol. The van der Waals surface area contributed by atoms with Gasteiger partial charge in [0.1, 0.15) is 9.90 Å². The summed E-state index contributed by atoms with van der Waals surface area (Å²) in [4.78, 5) is 21.7. The van der Waals surface area contributed by atoms with Crippen molar-refractivity contribution in [2.75, 3.05) is 40.3 Å². The number of halogens is 1. The topological polar surface area (TPSA) is 73.8 Å². The highest BCUT2D eigenvalue weighted by molar-refractivity contribution is 7.89. The van der Waals surface area contributed by atoms with Gasteiger partial charge < -0.3 is 4.90 Å². The second-order valence-electron chi connectivity index (χ2n) is 7.58. The number of benzene rings is 2. The number of sulfonamides is 1. The van der Waals surface area contributed by atoms with Crippen molar-refractivity contribution in [3.05, 3.63) is 58.1 Å². The lowest BCUT2D eigenvalue weighted by molar-refractivity contribution is 0.0628. The Morgan fingerprint density at radius 3 is 2.52 bits per heavy atom. The van der Waals surface area contributed by atoms with Gasteiger partial charge in [-0.1, -0.05) is 23.7 Å². The molecule has 2 aromatic carbocycles. The summed E-state index contributed by atoms with van der Waals surface area (Å²) in [6.45, 7) is 3.37. The minimum absolute atomic E-state index is 0.0560. The lowest BCUT2D eigenvalue weighted by atomic mass is 10.2. The maximum atomic E-state index is 13.0. The molecule has 10 heteroatoms. The fourth-order valence-corrected chi connectivity index (χ4v) is 5.90.